The quantitative estimate of drug-likeness (QED) is 0.831. The van der Waals surface area contributed by atoms with Gasteiger partial charge in [-0.2, -0.15) is 4.68 Å². The lowest BCUT2D eigenvalue weighted by molar-refractivity contribution is -0.113. The Morgan fingerprint density at radius 1 is 1.56 bits per heavy atom. The van der Waals surface area contributed by atoms with Crippen molar-refractivity contribution >= 4 is 23.2 Å². The Morgan fingerprint density at radius 2 is 2.39 bits per heavy atom. The topological polar surface area (TPSA) is 81.9 Å². The zero-order chi connectivity index (χ0) is 13.0. The van der Waals surface area contributed by atoms with Gasteiger partial charge in [0, 0.05) is 5.69 Å². The van der Waals surface area contributed by atoms with E-state index in [-0.39, 0.29) is 11.8 Å². The van der Waals surface area contributed by atoms with E-state index in [1.54, 1.807) is 25.3 Å². The number of methoxy groups -OCH3 is 1. The molecule has 0 atom stereocenters. The van der Waals surface area contributed by atoms with Gasteiger partial charge >= 0.3 is 0 Å². The van der Waals surface area contributed by atoms with E-state index >= 15 is 0 Å². The molecule has 1 amide bonds. The number of carbonyl (C=O) groups excluding carboxylic acids is 1. The lowest BCUT2D eigenvalue weighted by atomic mass is 10.2. The van der Waals surface area contributed by atoms with Crippen LogP contribution in [0.15, 0.2) is 24.5 Å². The van der Waals surface area contributed by atoms with Crippen LogP contribution in [0.5, 0.6) is 5.75 Å². The Morgan fingerprint density at radius 3 is 3.00 bits per heavy atom. The lowest BCUT2D eigenvalue weighted by Gasteiger charge is -2.10. The molecule has 8 heteroatoms. The molecule has 2 rings (SSSR count). The Balaban J connectivity index is 2.37. The minimum atomic E-state index is -0.288. The molecule has 1 aromatic heterocycles. The number of hydrogen-bond donors (Lipinski definition) is 1. The van der Waals surface area contributed by atoms with Crippen LogP contribution >= 0.6 is 11.6 Å². The van der Waals surface area contributed by atoms with Gasteiger partial charge in [0.25, 0.3) is 0 Å². The summed E-state index contributed by atoms with van der Waals surface area (Å²) in [5.74, 6) is 0.197. The van der Waals surface area contributed by atoms with E-state index in [1.165, 1.54) is 11.0 Å². The van der Waals surface area contributed by atoms with Gasteiger partial charge in [-0.1, -0.05) is 0 Å². The van der Waals surface area contributed by atoms with Gasteiger partial charge in [-0.15, -0.1) is 16.7 Å². The summed E-state index contributed by atoms with van der Waals surface area (Å²) in [7, 11) is 1.54. The van der Waals surface area contributed by atoms with Crippen molar-refractivity contribution in [1.29, 1.82) is 0 Å². The number of amides is 1. The number of nitrogens with zero attached hydrogens (tertiary/aromatic N) is 4. The summed E-state index contributed by atoms with van der Waals surface area (Å²) in [4.78, 5) is 11.2. The number of aromatic nitrogens is 4. The van der Waals surface area contributed by atoms with E-state index in [9.17, 15) is 4.79 Å². The number of anilines is 1. The van der Waals surface area contributed by atoms with Crippen LogP contribution in [0.2, 0.25) is 0 Å². The highest BCUT2D eigenvalue weighted by Gasteiger charge is 2.09. The van der Waals surface area contributed by atoms with E-state index in [1.807, 2.05) is 0 Å². The summed E-state index contributed by atoms with van der Waals surface area (Å²) in [5.41, 5.74) is 1.21. The van der Waals surface area contributed by atoms with Crippen molar-refractivity contribution in [3.05, 3.63) is 24.5 Å². The van der Waals surface area contributed by atoms with Crippen molar-refractivity contribution in [2.75, 3.05) is 18.3 Å². The molecule has 0 saturated heterocycles. The average molecular weight is 268 g/mol. The number of tetrazole rings is 1. The lowest BCUT2D eigenvalue weighted by Crippen LogP contribution is -2.13. The fraction of sp³-hybridized carbons (Fsp3) is 0.200. The largest absolute Gasteiger partial charge is 0.494 e. The first-order chi connectivity index (χ1) is 8.74. The molecule has 2 aromatic rings. The molecule has 0 aliphatic rings. The Hall–Kier alpha value is -2.15. The molecular formula is C10H10ClN5O2. The van der Waals surface area contributed by atoms with Gasteiger partial charge < -0.3 is 10.1 Å². The average Bonchev–Trinajstić information content (AvgIpc) is 2.92. The number of hydrogen-bond acceptors (Lipinski definition) is 5. The first-order valence-electron chi connectivity index (χ1n) is 5.02. The van der Waals surface area contributed by atoms with Crippen molar-refractivity contribution in [3.8, 4) is 11.4 Å². The molecule has 0 saturated carbocycles. The molecule has 18 heavy (non-hydrogen) atoms. The van der Waals surface area contributed by atoms with E-state index in [0.29, 0.717) is 17.1 Å². The molecular weight excluding hydrogens is 258 g/mol. The maximum absolute atomic E-state index is 11.2. The number of alkyl halides is 1. The molecule has 94 valence electrons. The van der Waals surface area contributed by atoms with Crippen LogP contribution in [-0.2, 0) is 4.79 Å². The third kappa shape index (κ3) is 2.57. The number of ether oxygens (including phenoxy) is 1. The predicted octanol–water partition coefficient (Wildman–Crippen LogP) is 0.848. The monoisotopic (exact) mass is 267 g/mol. The van der Waals surface area contributed by atoms with E-state index < -0.39 is 0 Å². The minimum Gasteiger partial charge on any atom is -0.494 e. The summed E-state index contributed by atoms with van der Waals surface area (Å²) < 4.78 is 6.64. The van der Waals surface area contributed by atoms with Crippen LogP contribution in [0.3, 0.4) is 0 Å². The Labute approximate surface area is 108 Å². The zero-order valence-corrected chi connectivity index (χ0v) is 10.3. The normalized spacial score (nSPS) is 10.1. The van der Waals surface area contributed by atoms with Gasteiger partial charge in [-0.3, -0.25) is 4.79 Å². The van der Waals surface area contributed by atoms with Gasteiger partial charge in [-0.05, 0) is 28.6 Å². The fourth-order valence-electron chi connectivity index (χ4n) is 1.41. The van der Waals surface area contributed by atoms with Crippen LogP contribution in [0.25, 0.3) is 5.69 Å². The van der Waals surface area contributed by atoms with Gasteiger partial charge in [0.15, 0.2) is 0 Å². The van der Waals surface area contributed by atoms with E-state index in [0.717, 1.165) is 0 Å². The molecule has 0 aliphatic carbocycles. The smallest absolute Gasteiger partial charge is 0.239 e. The Bertz CT molecular complexity index is 543. The van der Waals surface area contributed by atoms with Crippen molar-refractivity contribution in [2.45, 2.75) is 0 Å². The summed E-state index contributed by atoms with van der Waals surface area (Å²) >= 11 is 5.43. The molecule has 0 spiro atoms. The summed E-state index contributed by atoms with van der Waals surface area (Å²) in [6, 6.07) is 5.11. The molecule has 0 bridgehead atoms. The molecule has 7 nitrogen and oxygen atoms in total. The summed E-state index contributed by atoms with van der Waals surface area (Å²) in [6.45, 7) is 0. The van der Waals surface area contributed by atoms with Gasteiger partial charge in [0.2, 0.25) is 5.91 Å². The minimum absolute atomic E-state index is 0.105. The van der Waals surface area contributed by atoms with Crippen LogP contribution < -0.4 is 10.1 Å². The highest BCUT2D eigenvalue weighted by molar-refractivity contribution is 6.29. The number of carbonyl (C=O) groups is 1. The Kier molecular flexibility index (Phi) is 3.73. The third-order valence-electron chi connectivity index (χ3n) is 2.18. The highest BCUT2D eigenvalue weighted by Crippen LogP contribution is 2.25. The molecule has 0 fully saturated rings. The van der Waals surface area contributed by atoms with Crippen molar-refractivity contribution in [2.24, 2.45) is 0 Å². The molecule has 1 aromatic carbocycles. The van der Waals surface area contributed by atoms with Gasteiger partial charge in [-0.25, -0.2) is 0 Å². The third-order valence-corrected chi connectivity index (χ3v) is 2.42. The van der Waals surface area contributed by atoms with Crippen LogP contribution in [0.4, 0.5) is 5.69 Å². The number of benzene rings is 1. The molecule has 0 unspecified atom stereocenters. The van der Waals surface area contributed by atoms with E-state index in [4.69, 9.17) is 16.3 Å². The molecule has 1 N–H and O–H groups in total. The molecule has 1 heterocycles. The van der Waals surface area contributed by atoms with Crippen molar-refractivity contribution in [1.82, 2.24) is 20.2 Å². The predicted molar refractivity (Wildman–Crippen MR) is 65.1 cm³/mol. The zero-order valence-electron chi connectivity index (χ0n) is 9.50. The summed E-state index contributed by atoms with van der Waals surface area (Å²) in [6.07, 6.45) is 1.44. The first kappa shape index (κ1) is 12.3. The maximum Gasteiger partial charge on any atom is 0.239 e. The second kappa shape index (κ2) is 5.46. The van der Waals surface area contributed by atoms with Crippen molar-refractivity contribution < 1.29 is 9.53 Å². The highest BCUT2D eigenvalue weighted by atomic mass is 35.5. The first-order valence-corrected chi connectivity index (χ1v) is 5.55. The van der Waals surface area contributed by atoms with E-state index in [2.05, 4.69) is 20.8 Å². The molecule has 0 radical (unpaired) electrons. The second-order valence-electron chi connectivity index (χ2n) is 3.32. The van der Waals surface area contributed by atoms with Crippen LogP contribution in [0, 0.1) is 0 Å². The SMILES string of the molecule is COc1ccc(NC(=O)CCl)cc1-n1cnnn1. The van der Waals surface area contributed by atoms with Crippen molar-refractivity contribution in [3.63, 3.8) is 0 Å². The van der Waals surface area contributed by atoms with Crippen LogP contribution in [-0.4, -0.2) is 39.1 Å². The summed E-state index contributed by atoms with van der Waals surface area (Å²) in [5, 5.41) is 13.5. The standard InChI is InChI=1S/C10H10ClN5O2/c1-18-9-3-2-7(13-10(17)5-11)4-8(9)16-6-12-14-15-16/h2-4,6H,5H2,1H3,(H,13,17). The second-order valence-corrected chi connectivity index (χ2v) is 3.59. The number of nitrogens with one attached hydrogen (secondary N) is 1. The fourth-order valence-corrected chi connectivity index (χ4v) is 1.48. The van der Waals surface area contributed by atoms with Gasteiger partial charge in [0.1, 0.15) is 23.6 Å². The number of halogens is 1. The molecule has 0 aliphatic heterocycles. The maximum atomic E-state index is 11.2. The van der Waals surface area contributed by atoms with Gasteiger partial charge in [0.05, 0.1) is 7.11 Å². The number of rotatable bonds is 4. The van der Waals surface area contributed by atoms with Crippen LogP contribution in [0.1, 0.15) is 0 Å².